The molecule has 1 unspecified atom stereocenters. The molecule has 4 aromatic rings. The maximum Gasteiger partial charge on any atom is 0.417 e. The van der Waals surface area contributed by atoms with Crippen LogP contribution in [0.4, 0.5) is 11.5 Å². The number of aromatic nitrogens is 3. The van der Waals surface area contributed by atoms with Gasteiger partial charge in [0, 0.05) is 23.0 Å². The lowest BCUT2D eigenvalue weighted by molar-refractivity contribution is -0.126. The van der Waals surface area contributed by atoms with E-state index in [2.05, 4.69) is 38.4 Å². The highest BCUT2D eigenvalue weighted by atomic mass is 16.4. The predicted octanol–water partition coefficient (Wildman–Crippen LogP) is 4.51. The molecular formula is C31H27N5O4. The lowest BCUT2D eigenvalue weighted by atomic mass is 9.78. The molecule has 2 aromatic heterocycles. The fraction of sp³-hybridized carbons (Fsp3) is 0.194. The minimum atomic E-state index is -0.579. The van der Waals surface area contributed by atoms with Gasteiger partial charge in [-0.1, -0.05) is 18.2 Å². The molecule has 2 aliphatic rings. The van der Waals surface area contributed by atoms with Crippen LogP contribution in [0.15, 0.2) is 75.4 Å². The van der Waals surface area contributed by atoms with Crippen LogP contribution in [0, 0.1) is 25.2 Å². The van der Waals surface area contributed by atoms with E-state index in [1.165, 1.54) is 12.4 Å². The van der Waals surface area contributed by atoms with Crippen molar-refractivity contribution >= 4 is 34.3 Å². The third kappa shape index (κ3) is 4.39. The molecule has 1 aliphatic heterocycles. The zero-order valence-corrected chi connectivity index (χ0v) is 22.3. The van der Waals surface area contributed by atoms with Gasteiger partial charge >= 0.3 is 5.76 Å². The number of hydrogen-bond donors (Lipinski definition) is 3. The summed E-state index contributed by atoms with van der Waals surface area (Å²) in [6.45, 7) is 5.70. The molecule has 0 fully saturated rings. The van der Waals surface area contributed by atoms with E-state index in [4.69, 9.17) is 4.42 Å². The number of oxazole rings is 1. The number of ketones is 1. The Labute approximate surface area is 230 Å². The van der Waals surface area contributed by atoms with Gasteiger partial charge in [-0.2, -0.15) is 0 Å². The normalized spacial score (nSPS) is 17.7. The molecule has 0 saturated heterocycles. The van der Waals surface area contributed by atoms with Crippen molar-refractivity contribution in [1.29, 1.82) is 0 Å². The van der Waals surface area contributed by atoms with E-state index < -0.39 is 11.2 Å². The largest absolute Gasteiger partial charge is 0.417 e. The summed E-state index contributed by atoms with van der Waals surface area (Å²) in [5, 5.41) is 6.29. The van der Waals surface area contributed by atoms with Crippen molar-refractivity contribution in [3.05, 3.63) is 105 Å². The quantitative estimate of drug-likeness (QED) is 0.254. The van der Waals surface area contributed by atoms with E-state index in [0.29, 0.717) is 35.3 Å². The summed E-state index contributed by atoms with van der Waals surface area (Å²) >= 11 is 0. The number of hydrogen-bond acceptors (Lipinski definition) is 7. The number of carbonyl (C=O) groups is 2. The second kappa shape index (κ2) is 10.2. The van der Waals surface area contributed by atoms with E-state index in [1.54, 1.807) is 19.1 Å². The number of nitrogens with one attached hydrogen (secondary N) is 3. The number of allylic oxidation sites excluding steroid dienone is 3. The van der Waals surface area contributed by atoms with Gasteiger partial charge in [-0.05, 0) is 80.1 Å². The monoisotopic (exact) mass is 533 g/mol. The van der Waals surface area contributed by atoms with E-state index in [9.17, 15) is 14.4 Å². The Hall–Kier alpha value is -5.23. The third-order valence-electron chi connectivity index (χ3n) is 7.34. The number of carbonyl (C=O) groups excluding carboxylic acids is 2. The summed E-state index contributed by atoms with van der Waals surface area (Å²) in [6, 6.07) is 10.8. The van der Waals surface area contributed by atoms with Crippen molar-refractivity contribution in [2.75, 3.05) is 5.32 Å². The van der Waals surface area contributed by atoms with Gasteiger partial charge in [-0.15, -0.1) is 12.8 Å². The fourth-order valence-electron chi connectivity index (χ4n) is 5.59. The Balaban J connectivity index is 0.00000158. The summed E-state index contributed by atoms with van der Waals surface area (Å²) in [5.41, 5.74) is 6.59. The molecule has 200 valence electrons. The number of terminal acetylenes is 1. The molecule has 3 N–H and O–H groups in total. The topological polar surface area (TPSA) is 130 Å². The number of amides is 1. The van der Waals surface area contributed by atoms with Crippen LogP contribution in [0.1, 0.15) is 46.6 Å². The minimum absolute atomic E-state index is 0.0418. The van der Waals surface area contributed by atoms with Gasteiger partial charge in [0.05, 0.1) is 10.9 Å². The number of benzene rings is 2. The molecule has 40 heavy (non-hydrogen) atoms. The van der Waals surface area contributed by atoms with Crippen LogP contribution in [-0.2, 0) is 17.6 Å². The molecule has 0 radical (unpaired) electrons. The van der Waals surface area contributed by atoms with E-state index in [-0.39, 0.29) is 17.4 Å². The van der Waals surface area contributed by atoms with Crippen molar-refractivity contribution in [2.45, 2.75) is 33.6 Å². The zero-order valence-electron chi connectivity index (χ0n) is 22.3. The second-order valence-corrected chi connectivity index (χ2v) is 9.84. The number of rotatable bonds is 5. The molecule has 1 aliphatic carbocycles. The molecule has 9 nitrogen and oxygen atoms in total. The maximum atomic E-state index is 13.2. The Kier molecular flexibility index (Phi) is 6.69. The zero-order chi connectivity index (χ0) is 28.6. The minimum Gasteiger partial charge on any atom is -0.408 e. The lowest BCUT2D eigenvalue weighted by Gasteiger charge is -2.22. The predicted molar refractivity (Wildman–Crippen MR) is 152 cm³/mol. The summed E-state index contributed by atoms with van der Waals surface area (Å²) in [7, 11) is 0. The highest BCUT2D eigenvalue weighted by molar-refractivity contribution is 6.09. The number of fused-ring (bicyclic) bond motifs is 2. The molecule has 1 atom stereocenters. The molecule has 1 spiro atoms. The van der Waals surface area contributed by atoms with Crippen LogP contribution in [0.5, 0.6) is 0 Å². The first-order chi connectivity index (χ1) is 19.3. The number of nitrogens with zero attached hydrogens (tertiary/aromatic N) is 2. The molecule has 2 aromatic carbocycles. The van der Waals surface area contributed by atoms with Gasteiger partial charge in [-0.25, -0.2) is 14.8 Å². The van der Waals surface area contributed by atoms with Crippen molar-refractivity contribution in [1.82, 2.24) is 20.3 Å². The fourth-order valence-corrected chi connectivity index (χ4v) is 5.59. The first kappa shape index (κ1) is 26.4. The SMILES string of the molecule is C#C.C/C=C\C1=C(C)NC(=O)C12Cc1ccc(Nc3cc(C(=O)c4cc(C)c5[nH]c(=O)oc5c4)ncn3)cc1C2. The van der Waals surface area contributed by atoms with Crippen LogP contribution in [0.3, 0.4) is 0 Å². The highest BCUT2D eigenvalue weighted by Crippen LogP contribution is 2.47. The Morgan fingerprint density at radius 2 is 1.85 bits per heavy atom. The molecule has 0 bridgehead atoms. The van der Waals surface area contributed by atoms with Gasteiger partial charge in [0.1, 0.15) is 17.8 Å². The summed E-state index contributed by atoms with van der Waals surface area (Å²) < 4.78 is 5.14. The maximum absolute atomic E-state index is 13.2. The van der Waals surface area contributed by atoms with Crippen LogP contribution in [0.25, 0.3) is 11.1 Å². The first-order valence-electron chi connectivity index (χ1n) is 12.7. The van der Waals surface area contributed by atoms with Crippen molar-refractivity contribution in [3.8, 4) is 12.8 Å². The molecular weight excluding hydrogens is 506 g/mol. The lowest BCUT2D eigenvalue weighted by Crippen LogP contribution is -2.34. The van der Waals surface area contributed by atoms with Crippen LogP contribution in [0.2, 0.25) is 0 Å². The Bertz CT molecular complexity index is 1820. The first-order valence-corrected chi connectivity index (χ1v) is 12.7. The number of aryl methyl sites for hydroxylation is 1. The van der Waals surface area contributed by atoms with Crippen molar-refractivity contribution in [3.63, 3.8) is 0 Å². The number of H-pyrrole nitrogens is 1. The molecule has 1 amide bonds. The Morgan fingerprint density at radius 3 is 2.62 bits per heavy atom. The smallest absolute Gasteiger partial charge is 0.408 e. The van der Waals surface area contributed by atoms with Gasteiger partial charge < -0.3 is 15.1 Å². The standard InChI is InChI=1S/C29H25N5O4.C2H2/c1-4-5-21-16(3)32-27(36)29(21)12-17-6-7-20(9-19(17)13-29)33-24-11-22(30-14-31-24)26(35)18-8-15(2)25-23(10-18)38-28(37)34-25;1-2/h4-11,14H,12-13H2,1-3H3,(H,32,36)(H,34,37)(H,30,31,33);1-2H/b5-4-;. The average molecular weight is 534 g/mol. The van der Waals surface area contributed by atoms with Crippen LogP contribution < -0.4 is 16.4 Å². The Morgan fingerprint density at radius 1 is 1.07 bits per heavy atom. The molecule has 6 rings (SSSR count). The van der Waals surface area contributed by atoms with Gasteiger partial charge in [-0.3, -0.25) is 14.6 Å². The van der Waals surface area contributed by atoms with Gasteiger partial charge in [0.2, 0.25) is 11.7 Å². The molecule has 3 heterocycles. The van der Waals surface area contributed by atoms with Crippen molar-refractivity contribution in [2.24, 2.45) is 5.41 Å². The average Bonchev–Trinajstić information content (AvgIpc) is 3.59. The summed E-state index contributed by atoms with van der Waals surface area (Å²) in [4.78, 5) is 48.8. The molecule has 9 heteroatoms. The van der Waals surface area contributed by atoms with Crippen molar-refractivity contribution < 1.29 is 14.0 Å². The summed E-state index contributed by atoms with van der Waals surface area (Å²) in [6.07, 6.45) is 14.6. The summed E-state index contributed by atoms with van der Waals surface area (Å²) in [5.74, 6) is -0.378. The second-order valence-electron chi connectivity index (χ2n) is 9.84. The number of anilines is 2. The van der Waals surface area contributed by atoms with Gasteiger partial charge in [0.25, 0.3) is 0 Å². The van der Waals surface area contributed by atoms with Crippen LogP contribution >= 0.6 is 0 Å². The van der Waals surface area contributed by atoms with Crippen LogP contribution in [-0.4, -0.2) is 26.6 Å². The van der Waals surface area contributed by atoms with E-state index in [1.807, 2.05) is 44.2 Å². The van der Waals surface area contributed by atoms with E-state index >= 15 is 0 Å². The van der Waals surface area contributed by atoms with E-state index in [0.717, 1.165) is 33.6 Å². The molecule has 0 saturated carbocycles. The third-order valence-corrected chi connectivity index (χ3v) is 7.34. The van der Waals surface area contributed by atoms with Gasteiger partial charge in [0.15, 0.2) is 5.58 Å². The highest BCUT2D eigenvalue weighted by Gasteiger charge is 2.50. The number of aromatic amines is 1.